The Balaban J connectivity index is 0.811. The summed E-state index contributed by atoms with van der Waals surface area (Å²) >= 11 is 22.2. The zero-order valence-corrected chi connectivity index (χ0v) is 63.4. The van der Waals surface area contributed by atoms with Crippen molar-refractivity contribution in [1.29, 1.82) is 0 Å². The number of unbranched alkanes of at least 4 members (excludes halogenated alkanes) is 6. The van der Waals surface area contributed by atoms with E-state index in [4.69, 9.17) is 53.5 Å². The molecule has 8 rings (SSSR count). The van der Waals surface area contributed by atoms with Crippen LogP contribution in [-0.4, -0.2) is 122 Å². The Morgan fingerprint density at radius 3 is 2.11 bits per heavy atom. The van der Waals surface area contributed by atoms with E-state index in [1.54, 1.807) is 18.2 Å². The molecule has 4 aliphatic rings. The van der Waals surface area contributed by atoms with E-state index in [0.29, 0.717) is 68.9 Å². The van der Waals surface area contributed by atoms with E-state index < -0.39 is 138 Å². The van der Waals surface area contributed by atoms with Gasteiger partial charge in [0.25, 0.3) is 32.3 Å². The number of aromatic amines is 1. The molecule has 1 aromatic heterocycles. The Bertz CT molecular complexity index is 4610. The molecule has 554 valence electrons. The third-order valence-electron chi connectivity index (χ3n) is 17.1. The number of H-pyrrole nitrogens is 1. The minimum atomic E-state index is -6.00. The third-order valence-corrected chi connectivity index (χ3v) is 29.0. The van der Waals surface area contributed by atoms with Crippen molar-refractivity contribution in [2.45, 2.75) is 183 Å². The summed E-state index contributed by atoms with van der Waals surface area (Å²) in [6.07, 6.45) is 3.70. The molecule has 9 N–H and O–H groups in total. The number of amides is 1. The number of aliphatic hydroxyl groups is 1. The predicted molar refractivity (Wildman–Crippen MR) is 367 cm³/mol. The number of phosphoric ester groups is 1. The molecule has 100 heavy (non-hydrogen) atoms. The van der Waals surface area contributed by atoms with E-state index in [-0.39, 0.29) is 133 Å². The molecule has 0 spiro atoms. The number of nitrogens with zero attached hydrogens (tertiary/aromatic N) is 1. The van der Waals surface area contributed by atoms with E-state index in [1.165, 1.54) is 6.92 Å². The Labute approximate surface area is 594 Å². The van der Waals surface area contributed by atoms with Crippen LogP contribution in [0.15, 0.2) is 42.6 Å². The number of aliphatic hydroxyl groups excluding tert-OH is 1. The molecule has 1 saturated heterocycles. The summed E-state index contributed by atoms with van der Waals surface area (Å²) < 4.78 is 164. The first-order valence-electron chi connectivity index (χ1n) is 31.4. The molecule has 9 atom stereocenters. The van der Waals surface area contributed by atoms with Crippen molar-refractivity contribution in [3.8, 4) is 17.2 Å². The number of hydrogen-bond acceptors (Lipinski definition) is 22. The average molecular weight is 1600 g/mol. The topological polar surface area (TPSA) is 461 Å². The normalized spacial score (nSPS) is 21.7. The molecule has 6 unspecified atom stereocenters. The summed E-state index contributed by atoms with van der Waals surface area (Å²) in [7, 11) is -32.7. The number of halogens is 3. The average Bonchev–Trinajstić information content (AvgIpc) is 0.751. The molecule has 4 aromatic rings. The van der Waals surface area contributed by atoms with Crippen LogP contribution in [0.3, 0.4) is 0 Å². The number of nitrogens with one attached hydrogen (secondary N) is 2. The van der Waals surface area contributed by atoms with Crippen LogP contribution in [0.25, 0.3) is 11.6 Å². The number of ether oxygens (including phenoxy) is 3. The molecular weight excluding hydrogens is 1520 g/mol. The number of benzene rings is 3. The molecule has 40 heteroatoms. The fourth-order valence-corrected chi connectivity index (χ4v) is 23.3. The number of aryl methyl sites for hydroxylation is 1. The molecule has 3 aromatic carbocycles. The summed E-state index contributed by atoms with van der Waals surface area (Å²) in [5.41, 5.74) is -1.59. The summed E-state index contributed by atoms with van der Waals surface area (Å²) in [4.78, 5) is 104. The number of thioether (sulfide) groups is 1. The number of hydrogen-bond donors (Lipinski definition) is 9. The first kappa shape index (κ1) is 81.7. The molecule has 30 nitrogen and oxygen atoms in total. The summed E-state index contributed by atoms with van der Waals surface area (Å²) in [6, 6.07) is 3.30. The Morgan fingerprint density at radius 1 is 0.810 bits per heavy atom. The quantitative estimate of drug-likeness (QED) is 0.00470. The monoisotopic (exact) mass is 1600 g/mol. The van der Waals surface area contributed by atoms with E-state index in [0.717, 1.165) is 22.5 Å². The smallest absolute Gasteiger partial charge is 0.453 e. The Kier molecular flexibility index (Phi) is 26.2. The molecule has 1 amide bonds. The van der Waals surface area contributed by atoms with Gasteiger partial charge in [-0.05, 0) is 109 Å². The van der Waals surface area contributed by atoms with Crippen molar-refractivity contribution in [3.05, 3.63) is 98.1 Å². The third kappa shape index (κ3) is 20.1. The summed E-state index contributed by atoms with van der Waals surface area (Å²) in [6.45, 7) is 11.7. The van der Waals surface area contributed by atoms with Crippen LogP contribution < -0.4 is 36.5 Å². The highest BCUT2D eigenvalue weighted by Crippen LogP contribution is 2.71. The maximum Gasteiger partial charge on any atom is 0.488 e. The number of ketones is 1. The predicted octanol–water partition coefficient (Wildman–Crippen LogP) is 10.2. The van der Waals surface area contributed by atoms with E-state index >= 15 is 0 Å². The number of rotatable bonds is 33. The minimum Gasteiger partial charge on any atom is -0.453 e. The standard InChI is InChI=1S/C60H78Cl3N3O27P4S3/c1-32-23-59(4,5)25-40-36(32)20-38-46(39-21-37-33(2)24-60(6,7)26-41(37)56(100(84,85)86)52(39)91-51(38)55(40)99(81,82)83)47-48(61)54(50(63)49(62)53(47)87-30-67)98-29-35(68)16-12-8-9-13-17-44(70)64-18-14-10-11-15-19-88-94(73,74)31-95(75,76)92-97(79,80)93-96(77,78)89-28-43-42(69)22-45(90-43)66-27-34(3)57(71)65-58(66)72/h20-21,25,27,30,32-33,42-43,45,69H,8-19,22-24,26,28-29,31H2,1-7H3,(H,64,70)(H,73,74)(H,75,76)(H,77,78)(H,79,80)(H,65,71,72)(H,81,82,83)(H,84,85,86)/t32?,33?,42-,43-,45-/m1/s1. The van der Waals surface area contributed by atoms with E-state index in [9.17, 15) is 92.9 Å². The highest BCUT2D eigenvalue weighted by molar-refractivity contribution is 8.00. The lowest BCUT2D eigenvalue weighted by Crippen LogP contribution is -2.35. The number of Topliss-reactive ketones (excluding diaryl/α,β-unsaturated/α-hetero) is 1. The Morgan fingerprint density at radius 2 is 1.45 bits per heavy atom. The van der Waals surface area contributed by atoms with Crippen molar-refractivity contribution in [1.82, 2.24) is 14.9 Å². The zero-order valence-electron chi connectivity index (χ0n) is 55.1. The zero-order chi connectivity index (χ0) is 74.2. The lowest BCUT2D eigenvalue weighted by molar-refractivity contribution is -0.121. The first-order chi connectivity index (χ1) is 46.3. The van der Waals surface area contributed by atoms with Gasteiger partial charge in [-0.25, -0.2) is 18.2 Å². The van der Waals surface area contributed by atoms with Gasteiger partial charge in [-0.2, -0.15) is 21.1 Å². The highest BCUT2D eigenvalue weighted by atomic mass is 35.5. The lowest BCUT2D eigenvalue weighted by Gasteiger charge is -2.38. The van der Waals surface area contributed by atoms with Gasteiger partial charge in [0.15, 0.2) is 23.2 Å². The van der Waals surface area contributed by atoms with Gasteiger partial charge < -0.3 is 48.7 Å². The van der Waals surface area contributed by atoms with Gasteiger partial charge in [0.05, 0.1) is 35.1 Å². The molecule has 3 heterocycles. The van der Waals surface area contributed by atoms with Crippen molar-refractivity contribution in [2.75, 3.05) is 31.4 Å². The van der Waals surface area contributed by atoms with Gasteiger partial charge in [0.2, 0.25) is 5.91 Å². The van der Waals surface area contributed by atoms with Gasteiger partial charge in [-0.1, -0.05) is 108 Å². The molecular formula is C60H78Cl3N3O27P4S3. The lowest BCUT2D eigenvalue weighted by atomic mass is 9.69. The van der Waals surface area contributed by atoms with Gasteiger partial charge in [0.1, 0.15) is 32.9 Å². The highest BCUT2D eigenvalue weighted by Gasteiger charge is 2.47. The number of carbonyl (C=O) groups excluding carboxylic acids is 3. The largest absolute Gasteiger partial charge is 0.488 e. The number of aromatic nitrogens is 2. The van der Waals surface area contributed by atoms with Crippen molar-refractivity contribution < 1.29 is 115 Å². The van der Waals surface area contributed by atoms with Crippen LogP contribution in [0.2, 0.25) is 15.1 Å². The SMILES string of the molecule is Cc1cn([C@H]2C[C@@H](O)[C@@H](COP(=O)(O)OP(=O)(O)OP(=O)(O)CP(=O)(O)OCCCCCCNC(=O)CCCCCCC(=O)CSc3c(Cl)c(Cl)c(OC=O)c(C4=c5cc6c(c(S(=O)(=O)O)c5Oc5c4cc4c(c5S(=O)(=O)O)CC(C)(C)CC4C)=CC(C)(C)CC6C)c3Cl)O2)c(=O)[nH]c1=O. The van der Waals surface area contributed by atoms with Crippen LogP contribution >= 0.6 is 77.4 Å². The van der Waals surface area contributed by atoms with Crippen molar-refractivity contribution >= 4 is 127 Å². The second-order valence-electron chi connectivity index (χ2n) is 26.6. The second kappa shape index (κ2) is 32.0. The molecule has 0 saturated carbocycles. The van der Waals surface area contributed by atoms with Crippen LogP contribution in [0.1, 0.15) is 176 Å². The molecule has 2 aliphatic carbocycles. The number of carbonyl (C=O) groups is 3. The van der Waals surface area contributed by atoms with Crippen molar-refractivity contribution in [2.24, 2.45) is 10.8 Å². The van der Waals surface area contributed by atoms with Crippen LogP contribution in [0, 0.1) is 17.8 Å². The Hall–Kier alpha value is -3.95. The van der Waals surface area contributed by atoms with E-state index in [2.05, 4.69) is 18.5 Å². The minimum absolute atomic E-state index is 0.0184. The van der Waals surface area contributed by atoms with Gasteiger partial charge >= 0.3 is 36.5 Å². The fourth-order valence-electron chi connectivity index (χ4n) is 13.1. The van der Waals surface area contributed by atoms with E-state index in [1.807, 2.05) is 46.5 Å². The summed E-state index contributed by atoms with van der Waals surface area (Å²) in [5, 5.41) is 12.4. The van der Waals surface area contributed by atoms with Gasteiger partial charge in [-0.15, -0.1) is 11.8 Å². The van der Waals surface area contributed by atoms with Gasteiger partial charge in [-0.3, -0.25) is 51.5 Å². The first-order valence-corrected chi connectivity index (χ1v) is 42.9. The maximum absolute atomic E-state index is 13.8. The van der Waals surface area contributed by atoms with Crippen LogP contribution in [-0.2, 0) is 81.7 Å². The second-order valence-corrected chi connectivity index (χ2v) is 38.8. The summed E-state index contributed by atoms with van der Waals surface area (Å²) in [5.74, 6) is -4.52. The van der Waals surface area contributed by atoms with Crippen molar-refractivity contribution in [3.63, 3.8) is 0 Å². The fraction of sp³-hybridized carbons (Fsp3) is 0.550. The number of fused-ring (bicyclic) bond motifs is 4. The molecule has 2 aliphatic heterocycles. The molecule has 1 fully saturated rings. The van der Waals surface area contributed by atoms with Crippen LogP contribution in [0.4, 0.5) is 0 Å². The number of phosphoric acid groups is 2. The van der Waals surface area contributed by atoms with Crippen LogP contribution in [0.5, 0.6) is 17.2 Å². The maximum atomic E-state index is 13.8. The molecule has 0 radical (unpaired) electrons. The molecule has 0 bridgehead atoms. The van der Waals surface area contributed by atoms with Gasteiger partial charge in [0, 0.05) is 64.4 Å².